The predicted molar refractivity (Wildman–Crippen MR) is 287 cm³/mol. The fourth-order valence-electron chi connectivity index (χ4n) is 9.31. The van der Waals surface area contributed by atoms with E-state index in [1.807, 2.05) is 0 Å². The fourth-order valence-corrected chi connectivity index (χ4v) is 9.31. The number of primary amides is 2. The van der Waals surface area contributed by atoms with Gasteiger partial charge in [0.15, 0.2) is 0 Å². The number of nitrogens with one attached hydrogen (secondary N) is 10. The highest BCUT2D eigenvalue weighted by atomic mass is 16.3. The van der Waals surface area contributed by atoms with Gasteiger partial charge in [0.1, 0.15) is 54.4 Å². The Labute approximate surface area is 465 Å². The zero-order chi connectivity index (χ0) is 59.7. The Morgan fingerprint density at radius 1 is 0.667 bits per heavy atom. The molecule has 0 spiro atoms. The lowest BCUT2D eigenvalue weighted by molar-refractivity contribution is -0.145. The molecule has 2 saturated heterocycles. The van der Waals surface area contributed by atoms with Crippen molar-refractivity contribution in [1.82, 2.24) is 57.7 Å². The number of nitrogens with zero attached hydrogens (tertiary/aromatic N) is 1. The monoisotopic (exact) mass is 1130 g/mol. The van der Waals surface area contributed by atoms with Crippen molar-refractivity contribution in [1.29, 1.82) is 0 Å². The van der Waals surface area contributed by atoms with Gasteiger partial charge in [0.2, 0.25) is 70.9 Å². The maximum absolute atomic E-state index is 14.4. The van der Waals surface area contributed by atoms with Crippen LogP contribution in [0.5, 0.6) is 0 Å². The molecule has 2 aromatic carbocycles. The molecule has 81 heavy (non-hydrogen) atoms. The molecule has 1 aromatic heterocycles. The number of aliphatic hydroxyl groups is 3. The van der Waals surface area contributed by atoms with E-state index in [0.717, 1.165) is 4.90 Å². The van der Waals surface area contributed by atoms with Gasteiger partial charge in [-0.1, -0.05) is 62.4 Å². The first kappa shape index (κ1) is 63.3. The third kappa shape index (κ3) is 18.3. The molecule has 28 nitrogen and oxygen atoms in total. The van der Waals surface area contributed by atoms with Crippen molar-refractivity contribution < 1.29 is 72.9 Å². The van der Waals surface area contributed by atoms with Crippen molar-refractivity contribution in [2.24, 2.45) is 17.4 Å². The molecule has 0 bridgehead atoms. The molecule has 2 aliphatic heterocycles. The second kappa shape index (κ2) is 29.6. The molecule has 28 heteroatoms. The van der Waals surface area contributed by atoms with E-state index >= 15 is 0 Å². The largest absolute Gasteiger partial charge is 0.394 e. The minimum absolute atomic E-state index is 0.00149. The van der Waals surface area contributed by atoms with E-state index in [1.165, 1.54) is 13.8 Å². The zero-order valence-corrected chi connectivity index (χ0v) is 45.3. The van der Waals surface area contributed by atoms with Gasteiger partial charge in [-0.25, -0.2) is 0 Å². The third-order valence-corrected chi connectivity index (χ3v) is 13.6. The summed E-state index contributed by atoms with van der Waals surface area (Å²) < 4.78 is 0. The lowest BCUT2D eigenvalue weighted by Crippen LogP contribution is -2.63. The standard InChI is InChI=1S/C53H73N13O15/c1-26(2)19-34(60-47(75)33-16-17-41(71)58-33)49(77)64-43(27(3)68)52(80)63-35(20-29-11-6-5-7-12-29)50(78)65-44(28(4)69)53(81)66-18-10-15-39(66)51(79)62-37(22-40(54)70)48(76)61-36(21-30-23-56-32-14-9-8-13-31(30)32)46(74)57-24-42(72)59-38(25-67)45(55)73/h5-9,11-14,23,26-28,33-39,43-44,56,67-69H,10,15-22,24-25H2,1-4H3,(H2,54,70)(H2,55,73)(H,57,74)(H,58,71)(H,59,72)(H,60,75)(H,61,76)(H,62,79)(H,63,80)(H,64,77)(H,65,78)/t27-,28-,33+,34+,35+,36+,37+,38+,39+,43+,44+/m1/s1. The van der Waals surface area contributed by atoms with Gasteiger partial charge < -0.3 is 84.5 Å². The number of aromatic amines is 1. The van der Waals surface area contributed by atoms with Crippen LogP contribution in [-0.4, -0.2) is 182 Å². The molecule has 0 radical (unpaired) electrons. The van der Waals surface area contributed by atoms with Gasteiger partial charge >= 0.3 is 0 Å². The molecule has 12 amide bonds. The summed E-state index contributed by atoms with van der Waals surface area (Å²) in [5, 5.41) is 54.1. The number of para-hydroxylation sites is 1. The minimum Gasteiger partial charge on any atom is -0.394 e. The van der Waals surface area contributed by atoms with Crippen LogP contribution < -0.4 is 59.3 Å². The van der Waals surface area contributed by atoms with Crippen molar-refractivity contribution in [2.75, 3.05) is 19.7 Å². The summed E-state index contributed by atoms with van der Waals surface area (Å²) in [6, 6.07) is 2.22. The highest BCUT2D eigenvalue weighted by Crippen LogP contribution is 2.22. The van der Waals surface area contributed by atoms with Crippen molar-refractivity contribution >= 4 is 81.8 Å². The number of carbonyl (C=O) groups is 12. The van der Waals surface area contributed by atoms with Gasteiger partial charge in [0.25, 0.3) is 0 Å². The molecule has 2 aliphatic rings. The predicted octanol–water partition coefficient (Wildman–Crippen LogP) is -5.11. The highest BCUT2D eigenvalue weighted by Gasteiger charge is 2.42. The number of benzene rings is 2. The zero-order valence-electron chi connectivity index (χ0n) is 45.3. The second-order valence-corrected chi connectivity index (χ2v) is 20.5. The van der Waals surface area contributed by atoms with Crippen molar-refractivity contribution in [3.8, 4) is 0 Å². The molecule has 5 rings (SSSR count). The number of hydrogen-bond acceptors (Lipinski definition) is 15. The lowest BCUT2D eigenvalue weighted by atomic mass is 10.0. The SMILES string of the molecule is CC(C)C[C@H](NC(=O)[C@@H]1CCC(=O)N1)C(=O)N[C@H](C(=O)N[C@@H](Cc1ccccc1)C(=O)N[C@H](C(=O)N1CCC[C@H]1C(=O)N[C@@H](CC(N)=O)C(=O)N[C@@H](Cc1c[nH]c2ccccc12)C(=O)NCC(=O)N[C@@H](CO)C(N)=O)[C@@H](C)O)[C@@H](C)O. The summed E-state index contributed by atoms with van der Waals surface area (Å²) in [5.74, 6) is -10.9. The lowest BCUT2D eigenvalue weighted by Gasteiger charge is -2.32. The number of rotatable bonds is 29. The van der Waals surface area contributed by atoms with Crippen LogP contribution in [-0.2, 0) is 70.4 Å². The normalized spacial score (nSPS) is 18.3. The van der Waals surface area contributed by atoms with Crippen molar-refractivity contribution in [2.45, 2.75) is 146 Å². The number of likely N-dealkylation sites (tertiary alicyclic amines) is 1. The van der Waals surface area contributed by atoms with Crippen LogP contribution in [0.15, 0.2) is 60.8 Å². The first-order valence-electron chi connectivity index (χ1n) is 26.5. The number of aromatic nitrogens is 1. The number of fused-ring (bicyclic) bond motifs is 1. The average molecular weight is 1130 g/mol. The minimum atomic E-state index is -1.76. The third-order valence-electron chi connectivity index (χ3n) is 13.6. The molecular formula is C53H73N13O15. The van der Waals surface area contributed by atoms with E-state index in [9.17, 15) is 72.9 Å². The second-order valence-electron chi connectivity index (χ2n) is 20.5. The highest BCUT2D eigenvalue weighted by molar-refractivity contribution is 6.00. The van der Waals surface area contributed by atoms with Gasteiger partial charge in [-0.2, -0.15) is 0 Å². The number of hydrogen-bond donors (Lipinski definition) is 15. The summed E-state index contributed by atoms with van der Waals surface area (Å²) in [7, 11) is 0. The number of aliphatic hydroxyl groups excluding tert-OH is 3. The Morgan fingerprint density at radius 3 is 1.89 bits per heavy atom. The van der Waals surface area contributed by atoms with Crippen molar-refractivity contribution in [3.63, 3.8) is 0 Å². The summed E-state index contributed by atoms with van der Waals surface area (Å²) in [5.41, 5.74) is 12.5. The molecule has 0 saturated carbocycles. The summed E-state index contributed by atoms with van der Waals surface area (Å²) in [6.07, 6.45) is -2.15. The van der Waals surface area contributed by atoms with Crippen LogP contribution in [0.1, 0.15) is 77.3 Å². The number of nitrogens with two attached hydrogens (primary N) is 2. The van der Waals surface area contributed by atoms with Crippen LogP contribution in [0.3, 0.4) is 0 Å². The van der Waals surface area contributed by atoms with Crippen LogP contribution in [0.25, 0.3) is 10.9 Å². The van der Waals surface area contributed by atoms with E-state index in [-0.39, 0.29) is 63.3 Å². The maximum Gasteiger partial charge on any atom is 0.248 e. The van der Waals surface area contributed by atoms with Crippen LogP contribution in [0.4, 0.5) is 0 Å². The summed E-state index contributed by atoms with van der Waals surface area (Å²) in [4.78, 5) is 164. The Hall–Kier alpha value is -8.50. The molecular weight excluding hydrogens is 1060 g/mol. The van der Waals surface area contributed by atoms with Gasteiger partial charge in [0, 0.05) is 42.9 Å². The van der Waals surface area contributed by atoms with E-state index in [2.05, 4.69) is 52.8 Å². The molecule has 3 aromatic rings. The topological polar surface area (TPSA) is 445 Å². The van der Waals surface area contributed by atoms with Gasteiger partial charge in [0.05, 0.1) is 31.8 Å². The Morgan fingerprint density at radius 2 is 1.27 bits per heavy atom. The fraction of sp³-hybridized carbons (Fsp3) is 0.509. The first-order valence-corrected chi connectivity index (χ1v) is 26.5. The Kier molecular flexibility index (Phi) is 23.2. The number of amides is 12. The van der Waals surface area contributed by atoms with Crippen LogP contribution in [0, 0.1) is 5.92 Å². The first-order chi connectivity index (χ1) is 38.4. The quantitative estimate of drug-likeness (QED) is 0.0309. The molecule has 3 heterocycles. The van der Waals surface area contributed by atoms with Gasteiger partial charge in [-0.05, 0) is 62.6 Å². The molecule has 0 aliphatic carbocycles. The van der Waals surface area contributed by atoms with Crippen LogP contribution in [0.2, 0.25) is 0 Å². The van der Waals surface area contributed by atoms with Crippen molar-refractivity contribution in [3.05, 3.63) is 71.9 Å². The molecule has 17 N–H and O–H groups in total. The van der Waals surface area contributed by atoms with E-state index in [1.54, 1.807) is 74.6 Å². The van der Waals surface area contributed by atoms with Gasteiger partial charge in [-0.3, -0.25) is 57.5 Å². The smallest absolute Gasteiger partial charge is 0.248 e. The molecule has 440 valence electrons. The maximum atomic E-state index is 14.4. The number of carbonyl (C=O) groups excluding carboxylic acids is 12. The summed E-state index contributed by atoms with van der Waals surface area (Å²) >= 11 is 0. The molecule has 11 atom stereocenters. The Bertz CT molecular complexity index is 2790. The molecule has 2 fully saturated rings. The van der Waals surface area contributed by atoms with E-state index in [0.29, 0.717) is 22.0 Å². The van der Waals surface area contributed by atoms with Gasteiger partial charge in [-0.15, -0.1) is 0 Å². The molecule has 0 unspecified atom stereocenters. The summed E-state index contributed by atoms with van der Waals surface area (Å²) in [6.45, 7) is 4.35. The van der Waals surface area contributed by atoms with E-state index in [4.69, 9.17) is 11.5 Å². The average Bonchev–Trinajstić information content (AvgIpc) is 4.27. The number of H-pyrrole nitrogens is 1. The van der Waals surface area contributed by atoms with E-state index < -0.39 is 151 Å². The van der Waals surface area contributed by atoms with Crippen LogP contribution >= 0.6 is 0 Å². The Balaban J connectivity index is 1.32.